The highest BCUT2D eigenvalue weighted by atomic mass is 16.5. The highest BCUT2D eigenvalue weighted by molar-refractivity contribution is 5.71. The van der Waals surface area contributed by atoms with Crippen LogP contribution < -0.4 is 10.5 Å². The second-order valence-corrected chi connectivity index (χ2v) is 6.20. The van der Waals surface area contributed by atoms with Crippen LogP contribution in [0.4, 0.5) is 0 Å². The Labute approximate surface area is 150 Å². The average Bonchev–Trinajstić information content (AvgIpc) is 3.05. The molecule has 0 saturated carbocycles. The van der Waals surface area contributed by atoms with Crippen molar-refractivity contribution in [3.8, 4) is 29.0 Å². The van der Waals surface area contributed by atoms with Gasteiger partial charge in [-0.15, -0.1) is 5.10 Å². The lowest BCUT2D eigenvalue weighted by molar-refractivity contribution is 0.379. The zero-order valence-corrected chi connectivity index (χ0v) is 14.0. The van der Waals surface area contributed by atoms with Crippen LogP contribution in [0.2, 0.25) is 0 Å². The Morgan fingerprint density at radius 3 is 2.50 bits per heavy atom. The zero-order chi connectivity index (χ0) is 18.3. The van der Waals surface area contributed by atoms with E-state index in [0.29, 0.717) is 11.5 Å². The number of rotatable bonds is 2. The van der Waals surface area contributed by atoms with E-state index >= 15 is 0 Å². The standard InChI is InChI=1S/C20H16N4O2/c1-11-2-4-13(5-3-11)18-17-16(12-6-8-14(25)9-7-12)15(10-21)19(22)26-20(17)24-23-18/h2-9,16,25H,22H2,1H3,(H,23,24)/t16-/m0/s1. The van der Waals surface area contributed by atoms with Gasteiger partial charge in [-0.3, -0.25) is 5.10 Å². The van der Waals surface area contributed by atoms with E-state index < -0.39 is 5.92 Å². The molecule has 2 aromatic carbocycles. The van der Waals surface area contributed by atoms with Crippen LogP contribution in [-0.4, -0.2) is 15.3 Å². The topological polar surface area (TPSA) is 108 Å². The number of aromatic hydroxyl groups is 1. The van der Waals surface area contributed by atoms with Gasteiger partial charge in [-0.2, -0.15) is 5.26 Å². The number of aromatic nitrogens is 2. The summed E-state index contributed by atoms with van der Waals surface area (Å²) >= 11 is 0. The van der Waals surface area contributed by atoms with Crippen molar-refractivity contribution in [2.75, 3.05) is 0 Å². The third kappa shape index (κ3) is 2.47. The maximum Gasteiger partial charge on any atom is 0.244 e. The Hall–Kier alpha value is -3.72. The van der Waals surface area contributed by atoms with E-state index in [4.69, 9.17) is 10.5 Å². The van der Waals surface area contributed by atoms with Gasteiger partial charge in [-0.1, -0.05) is 42.0 Å². The molecule has 4 rings (SSSR count). The van der Waals surface area contributed by atoms with E-state index in [1.165, 1.54) is 0 Å². The minimum Gasteiger partial charge on any atom is -0.508 e. The fourth-order valence-corrected chi connectivity index (χ4v) is 3.19. The Balaban J connectivity index is 1.93. The number of hydrogen-bond donors (Lipinski definition) is 3. The number of aryl methyl sites for hydroxylation is 1. The molecule has 26 heavy (non-hydrogen) atoms. The van der Waals surface area contributed by atoms with E-state index in [9.17, 15) is 10.4 Å². The predicted molar refractivity (Wildman–Crippen MR) is 96.2 cm³/mol. The molecule has 0 radical (unpaired) electrons. The average molecular weight is 344 g/mol. The van der Waals surface area contributed by atoms with E-state index in [2.05, 4.69) is 16.3 Å². The summed E-state index contributed by atoms with van der Waals surface area (Å²) < 4.78 is 5.58. The molecule has 1 atom stereocenters. The SMILES string of the molecule is Cc1ccc(-c2[nH]nc3c2[C@@H](c2ccc(O)cc2)C(C#N)=C(N)O3)cc1. The molecule has 0 saturated heterocycles. The van der Waals surface area contributed by atoms with Gasteiger partial charge in [0.1, 0.15) is 17.4 Å². The lowest BCUT2D eigenvalue weighted by Crippen LogP contribution is -2.20. The molecule has 0 bridgehead atoms. The Kier molecular flexibility index (Phi) is 3.63. The maximum atomic E-state index is 9.66. The van der Waals surface area contributed by atoms with Crippen molar-refractivity contribution in [1.82, 2.24) is 10.2 Å². The summed E-state index contributed by atoms with van der Waals surface area (Å²) in [5.41, 5.74) is 10.7. The zero-order valence-electron chi connectivity index (χ0n) is 14.0. The van der Waals surface area contributed by atoms with Crippen molar-refractivity contribution >= 4 is 0 Å². The molecule has 128 valence electrons. The van der Waals surface area contributed by atoms with Crippen LogP contribution in [0.25, 0.3) is 11.3 Å². The molecule has 0 aliphatic carbocycles. The molecule has 6 heteroatoms. The fourth-order valence-electron chi connectivity index (χ4n) is 3.19. The molecule has 0 unspecified atom stereocenters. The van der Waals surface area contributed by atoms with E-state index in [0.717, 1.165) is 27.9 Å². The summed E-state index contributed by atoms with van der Waals surface area (Å²) in [5.74, 6) is 0.122. The number of nitrogens with one attached hydrogen (secondary N) is 1. The monoisotopic (exact) mass is 344 g/mol. The first-order valence-corrected chi connectivity index (χ1v) is 8.10. The van der Waals surface area contributed by atoms with Gasteiger partial charge < -0.3 is 15.6 Å². The van der Waals surface area contributed by atoms with Crippen LogP contribution in [0.3, 0.4) is 0 Å². The largest absolute Gasteiger partial charge is 0.508 e. The molecule has 0 fully saturated rings. The summed E-state index contributed by atoms with van der Waals surface area (Å²) in [6, 6.07) is 16.9. The predicted octanol–water partition coefficient (Wildman–Crippen LogP) is 3.31. The number of nitrogens with two attached hydrogens (primary N) is 1. The fraction of sp³-hybridized carbons (Fsp3) is 0.100. The molecule has 1 aliphatic heterocycles. The van der Waals surface area contributed by atoms with Crippen molar-refractivity contribution in [2.24, 2.45) is 5.73 Å². The van der Waals surface area contributed by atoms with Crippen molar-refractivity contribution < 1.29 is 9.84 Å². The Morgan fingerprint density at radius 1 is 1.15 bits per heavy atom. The van der Waals surface area contributed by atoms with Crippen LogP contribution in [0.15, 0.2) is 60.0 Å². The number of ether oxygens (including phenoxy) is 1. The number of fused-ring (bicyclic) bond motifs is 1. The minimum absolute atomic E-state index is 0.0417. The Morgan fingerprint density at radius 2 is 1.85 bits per heavy atom. The Bertz CT molecular complexity index is 1040. The van der Waals surface area contributed by atoms with Crippen molar-refractivity contribution in [3.63, 3.8) is 0 Å². The van der Waals surface area contributed by atoms with Gasteiger partial charge in [-0.05, 0) is 24.6 Å². The molecule has 1 aliphatic rings. The van der Waals surface area contributed by atoms with Gasteiger partial charge in [0.2, 0.25) is 11.8 Å². The highest BCUT2D eigenvalue weighted by Gasteiger charge is 2.35. The summed E-state index contributed by atoms with van der Waals surface area (Å²) in [4.78, 5) is 0. The molecule has 0 amide bonds. The smallest absolute Gasteiger partial charge is 0.244 e. The van der Waals surface area contributed by atoms with Gasteiger partial charge in [0.25, 0.3) is 0 Å². The van der Waals surface area contributed by atoms with Gasteiger partial charge in [0.15, 0.2) is 0 Å². The lowest BCUT2D eigenvalue weighted by atomic mass is 9.83. The van der Waals surface area contributed by atoms with E-state index in [-0.39, 0.29) is 11.6 Å². The first-order valence-electron chi connectivity index (χ1n) is 8.10. The molecule has 2 heterocycles. The van der Waals surface area contributed by atoms with Crippen LogP contribution in [0.1, 0.15) is 22.6 Å². The molecular weight excluding hydrogens is 328 g/mol. The summed E-state index contributed by atoms with van der Waals surface area (Å²) in [6.07, 6.45) is 0. The van der Waals surface area contributed by atoms with Crippen molar-refractivity contribution in [3.05, 3.63) is 76.7 Å². The molecular formula is C20H16N4O2. The number of nitriles is 1. The van der Waals surface area contributed by atoms with Crippen molar-refractivity contribution in [1.29, 1.82) is 5.26 Å². The van der Waals surface area contributed by atoms with Gasteiger partial charge in [-0.25, -0.2) is 0 Å². The quantitative estimate of drug-likeness (QED) is 0.661. The van der Waals surface area contributed by atoms with E-state index in [1.54, 1.807) is 24.3 Å². The van der Waals surface area contributed by atoms with Crippen LogP contribution >= 0.6 is 0 Å². The van der Waals surface area contributed by atoms with Crippen LogP contribution in [0.5, 0.6) is 11.6 Å². The molecule has 4 N–H and O–H groups in total. The molecule has 6 nitrogen and oxygen atoms in total. The van der Waals surface area contributed by atoms with Crippen LogP contribution in [0, 0.1) is 18.3 Å². The summed E-state index contributed by atoms with van der Waals surface area (Å²) in [7, 11) is 0. The molecule has 0 spiro atoms. The molecule has 1 aromatic heterocycles. The first-order chi connectivity index (χ1) is 12.6. The summed E-state index contributed by atoms with van der Waals surface area (Å²) in [5, 5.41) is 26.5. The van der Waals surface area contributed by atoms with E-state index in [1.807, 2.05) is 31.2 Å². The number of hydrogen-bond acceptors (Lipinski definition) is 5. The second-order valence-electron chi connectivity index (χ2n) is 6.20. The number of phenols is 1. The number of phenolic OH excluding ortho intramolecular Hbond substituents is 1. The van der Waals surface area contributed by atoms with Gasteiger partial charge in [0.05, 0.1) is 17.2 Å². The second kappa shape index (κ2) is 5.97. The highest BCUT2D eigenvalue weighted by Crippen LogP contribution is 2.45. The normalized spacial score (nSPS) is 15.9. The maximum absolute atomic E-state index is 9.66. The van der Waals surface area contributed by atoms with Gasteiger partial charge >= 0.3 is 0 Å². The first kappa shape index (κ1) is 15.8. The minimum atomic E-state index is -0.431. The van der Waals surface area contributed by atoms with Crippen LogP contribution in [-0.2, 0) is 0 Å². The third-order valence-corrected chi connectivity index (χ3v) is 4.51. The number of nitrogens with zero attached hydrogens (tertiary/aromatic N) is 2. The third-order valence-electron chi connectivity index (χ3n) is 4.51. The number of benzene rings is 2. The van der Waals surface area contributed by atoms with Crippen molar-refractivity contribution in [2.45, 2.75) is 12.8 Å². The number of aromatic amines is 1. The summed E-state index contributed by atoms with van der Waals surface area (Å²) in [6.45, 7) is 2.02. The number of allylic oxidation sites excluding steroid dienone is 1. The molecule has 3 aromatic rings. The lowest BCUT2D eigenvalue weighted by Gasteiger charge is -2.24. The number of H-pyrrole nitrogens is 1. The van der Waals surface area contributed by atoms with Gasteiger partial charge in [0, 0.05) is 5.56 Å².